The fourth-order valence-corrected chi connectivity index (χ4v) is 3.52. The summed E-state index contributed by atoms with van der Waals surface area (Å²) in [6, 6.07) is 8.69. The first-order valence-electron chi connectivity index (χ1n) is 7.55. The predicted octanol–water partition coefficient (Wildman–Crippen LogP) is 4.33. The summed E-state index contributed by atoms with van der Waals surface area (Å²) in [6.07, 6.45) is 2.07. The van der Waals surface area contributed by atoms with E-state index in [2.05, 4.69) is 46.0 Å². The van der Waals surface area contributed by atoms with E-state index in [-0.39, 0.29) is 5.92 Å². The van der Waals surface area contributed by atoms with E-state index in [1.807, 2.05) is 19.9 Å². The number of carbonyl (C=O) groups is 1. The summed E-state index contributed by atoms with van der Waals surface area (Å²) in [5, 5.41) is 9.45. The fraction of sp³-hybridized carbons (Fsp3) is 0.588. The van der Waals surface area contributed by atoms with Gasteiger partial charge in [-0.1, -0.05) is 28.1 Å². The lowest BCUT2D eigenvalue weighted by molar-refractivity contribution is -0.151. The maximum absolute atomic E-state index is 11.5. The molecule has 1 aliphatic rings. The highest BCUT2D eigenvalue weighted by atomic mass is 79.9. The standard InChI is InChI=1S/C17H24BrNO2/c1-12(13-6-4-8-15(18)10-13)19-9-5-7-14(11-19)17(2,3)16(20)21/h4,6,8,10,12,14H,5,7,9,11H2,1-3H3,(H,20,21). The van der Waals surface area contributed by atoms with Gasteiger partial charge in [0, 0.05) is 17.1 Å². The van der Waals surface area contributed by atoms with Gasteiger partial charge >= 0.3 is 5.97 Å². The highest BCUT2D eigenvalue weighted by Crippen LogP contribution is 2.37. The molecule has 1 heterocycles. The highest BCUT2D eigenvalue weighted by molar-refractivity contribution is 9.10. The van der Waals surface area contributed by atoms with E-state index in [0.717, 1.165) is 30.4 Å². The van der Waals surface area contributed by atoms with Gasteiger partial charge in [-0.3, -0.25) is 9.69 Å². The number of carboxylic acids is 1. The smallest absolute Gasteiger partial charge is 0.309 e. The highest BCUT2D eigenvalue weighted by Gasteiger charge is 2.39. The van der Waals surface area contributed by atoms with Crippen LogP contribution in [0.4, 0.5) is 0 Å². The molecule has 1 aliphatic heterocycles. The van der Waals surface area contributed by atoms with Gasteiger partial charge < -0.3 is 5.11 Å². The number of carboxylic acid groups (broad SMARTS) is 1. The zero-order valence-electron chi connectivity index (χ0n) is 13.0. The summed E-state index contributed by atoms with van der Waals surface area (Å²) in [5.74, 6) is -0.484. The van der Waals surface area contributed by atoms with Crippen molar-refractivity contribution in [3.05, 3.63) is 34.3 Å². The molecule has 116 valence electrons. The Balaban J connectivity index is 2.12. The van der Waals surface area contributed by atoms with Crippen molar-refractivity contribution in [1.29, 1.82) is 0 Å². The molecule has 0 radical (unpaired) electrons. The molecular weight excluding hydrogens is 330 g/mol. The SMILES string of the molecule is CC(c1cccc(Br)c1)N1CCCC(C(C)(C)C(=O)O)C1. The summed E-state index contributed by atoms with van der Waals surface area (Å²) < 4.78 is 1.09. The number of rotatable bonds is 4. The Morgan fingerprint density at radius 2 is 2.19 bits per heavy atom. The van der Waals surface area contributed by atoms with Crippen LogP contribution >= 0.6 is 15.9 Å². The second kappa shape index (κ2) is 6.49. The van der Waals surface area contributed by atoms with E-state index in [1.165, 1.54) is 5.56 Å². The lowest BCUT2D eigenvalue weighted by atomic mass is 9.74. The Morgan fingerprint density at radius 3 is 2.81 bits per heavy atom. The Hall–Kier alpha value is -0.870. The average molecular weight is 354 g/mol. The molecular formula is C17H24BrNO2. The third-order valence-electron chi connectivity index (χ3n) is 4.90. The molecule has 2 rings (SSSR count). The molecule has 1 aromatic carbocycles. The minimum atomic E-state index is -0.690. The molecule has 4 heteroatoms. The molecule has 0 saturated carbocycles. The maximum Gasteiger partial charge on any atom is 0.309 e. The van der Waals surface area contributed by atoms with Gasteiger partial charge in [0.25, 0.3) is 0 Å². The van der Waals surface area contributed by atoms with Crippen LogP contribution in [0.1, 0.15) is 45.2 Å². The van der Waals surface area contributed by atoms with Crippen molar-refractivity contribution in [3.8, 4) is 0 Å². The Kier molecular flexibility index (Phi) is 5.10. The van der Waals surface area contributed by atoms with Crippen LogP contribution < -0.4 is 0 Å². The Bertz CT molecular complexity index is 515. The van der Waals surface area contributed by atoms with Gasteiger partial charge in [0.05, 0.1) is 5.41 Å². The van der Waals surface area contributed by atoms with Crippen LogP contribution in [0.25, 0.3) is 0 Å². The number of benzene rings is 1. The van der Waals surface area contributed by atoms with E-state index in [4.69, 9.17) is 0 Å². The zero-order chi connectivity index (χ0) is 15.6. The molecule has 3 nitrogen and oxygen atoms in total. The molecule has 1 fully saturated rings. The lowest BCUT2D eigenvalue weighted by Crippen LogP contribution is -2.45. The maximum atomic E-state index is 11.5. The third kappa shape index (κ3) is 3.67. The number of hydrogen-bond donors (Lipinski definition) is 1. The minimum absolute atomic E-state index is 0.207. The van der Waals surface area contributed by atoms with Crippen molar-refractivity contribution in [2.45, 2.75) is 39.7 Å². The van der Waals surface area contributed by atoms with Gasteiger partial charge in [-0.25, -0.2) is 0 Å². The summed E-state index contributed by atoms with van der Waals surface area (Å²) >= 11 is 3.52. The molecule has 0 aromatic heterocycles. The molecule has 2 unspecified atom stereocenters. The molecule has 21 heavy (non-hydrogen) atoms. The van der Waals surface area contributed by atoms with Crippen molar-refractivity contribution in [2.75, 3.05) is 13.1 Å². The lowest BCUT2D eigenvalue weighted by Gasteiger charge is -2.42. The zero-order valence-corrected chi connectivity index (χ0v) is 14.6. The molecule has 1 N–H and O–H groups in total. The predicted molar refractivity (Wildman–Crippen MR) is 88.3 cm³/mol. The van der Waals surface area contributed by atoms with Crippen molar-refractivity contribution in [3.63, 3.8) is 0 Å². The average Bonchev–Trinajstić information content (AvgIpc) is 2.46. The summed E-state index contributed by atoms with van der Waals surface area (Å²) in [7, 11) is 0. The number of nitrogens with zero attached hydrogens (tertiary/aromatic N) is 1. The first-order chi connectivity index (χ1) is 9.82. The van der Waals surface area contributed by atoms with Gasteiger partial charge in [-0.05, 0) is 63.8 Å². The van der Waals surface area contributed by atoms with E-state index in [1.54, 1.807) is 0 Å². The number of likely N-dealkylation sites (tertiary alicyclic amines) is 1. The van der Waals surface area contributed by atoms with Crippen molar-refractivity contribution >= 4 is 21.9 Å². The van der Waals surface area contributed by atoms with Gasteiger partial charge in [0.2, 0.25) is 0 Å². The third-order valence-corrected chi connectivity index (χ3v) is 5.40. The van der Waals surface area contributed by atoms with Gasteiger partial charge in [-0.2, -0.15) is 0 Å². The first-order valence-corrected chi connectivity index (χ1v) is 8.34. The van der Waals surface area contributed by atoms with Crippen LogP contribution in [-0.2, 0) is 4.79 Å². The summed E-state index contributed by atoms with van der Waals surface area (Å²) in [4.78, 5) is 13.9. The van der Waals surface area contributed by atoms with Crippen molar-refractivity contribution < 1.29 is 9.90 Å². The molecule has 0 amide bonds. The molecule has 1 saturated heterocycles. The van der Waals surface area contributed by atoms with Crippen LogP contribution in [0.3, 0.4) is 0 Å². The Labute approximate surface area is 135 Å². The van der Waals surface area contributed by atoms with Crippen molar-refractivity contribution in [2.24, 2.45) is 11.3 Å². The van der Waals surface area contributed by atoms with Crippen LogP contribution in [0.15, 0.2) is 28.7 Å². The minimum Gasteiger partial charge on any atom is -0.481 e. The largest absolute Gasteiger partial charge is 0.481 e. The molecule has 1 aromatic rings. The second-order valence-corrected chi connectivity index (χ2v) is 7.51. The van der Waals surface area contributed by atoms with E-state index < -0.39 is 11.4 Å². The quantitative estimate of drug-likeness (QED) is 0.875. The van der Waals surface area contributed by atoms with Crippen LogP contribution in [0.5, 0.6) is 0 Å². The van der Waals surface area contributed by atoms with Crippen molar-refractivity contribution in [1.82, 2.24) is 4.90 Å². The summed E-state index contributed by atoms with van der Waals surface area (Å²) in [5.41, 5.74) is 0.619. The topological polar surface area (TPSA) is 40.5 Å². The number of hydrogen-bond acceptors (Lipinski definition) is 2. The monoisotopic (exact) mass is 353 g/mol. The molecule has 0 spiro atoms. The molecule has 2 atom stereocenters. The number of aliphatic carboxylic acids is 1. The first kappa shape index (κ1) is 16.5. The van der Waals surface area contributed by atoms with E-state index in [0.29, 0.717) is 6.04 Å². The Morgan fingerprint density at radius 1 is 1.48 bits per heavy atom. The van der Waals surface area contributed by atoms with Crippen LogP contribution in [0, 0.1) is 11.3 Å². The van der Waals surface area contributed by atoms with Gasteiger partial charge in [0.1, 0.15) is 0 Å². The normalized spacial score (nSPS) is 22.0. The van der Waals surface area contributed by atoms with Gasteiger partial charge in [0.15, 0.2) is 0 Å². The second-order valence-electron chi connectivity index (χ2n) is 6.59. The fourth-order valence-electron chi connectivity index (χ4n) is 3.10. The molecule has 0 aliphatic carbocycles. The van der Waals surface area contributed by atoms with E-state index in [9.17, 15) is 9.90 Å². The van der Waals surface area contributed by atoms with Crippen LogP contribution in [-0.4, -0.2) is 29.1 Å². The molecule has 0 bridgehead atoms. The number of piperidine rings is 1. The number of halogens is 1. The summed E-state index contributed by atoms with van der Waals surface area (Å²) in [6.45, 7) is 7.81. The van der Waals surface area contributed by atoms with E-state index >= 15 is 0 Å². The van der Waals surface area contributed by atoms with Crippen LogP contribution in [0.2, 0.25) is 0 Å². The van der Waals surface area contributed by atoms with Gasteiger partial charge in [-0.15, -0.1) is 0 Å².